The lowest BCUT2D eigenvalue weighted by molar-refractivity contribution is -0.146. The fraction of sp³-hybridized carbons (Fsp3) is 0.211. The van der Waals surface area contributed by atoms with Gasteiger partial charge in [0.1, 0.15) is 0 Å². The van der Waals surface area contributed by atoms with Crippen LogP contribution >= 0.6 is 0 Å². The Balaban J connectivity index is 1.58. The van der Waals surface area contributed by atoms with Crippen LogP contribution in [0.1, 0.15) is 45.5 Å². The van der Waals surface area contributed by atoms with Crippen molar-refractivity contribution in [2.24, 2.45) is 0 Å². The van der Waals surface area contributed by atoms with Crippen LogP contribution in [0.25, 0.3) is 0 Å². The number of imide groups is 1. The number of carbonyl (C=O) groups excluding carboxylic acids is 3. The minimum atomic E-state index is -0.442. The van der Waals surface area contributed by atoms with Crippen molar-refractivity contribution in [1.82, 2.24) is 4.90 Å². The number of ether oxygens (including phenoxy) is 1. The monoisotopic (exact) mass is 323 g/mol. The summed E-state index contributed by atoms with van der Waals surface area (Å²) in [5.74, 6) is -1.30. The van der Waals surface area contributed by atoms with Crippen molar-refractivity contribution >= 4 is 17.8 Å². The van der Waals surface area contributed by atoms with Gasteiger partial charge in [-0.25, -0.2) is 4.90 Å². The molecule has 0 fully saturated rings. The number of benzene rings is 2. The molecule has 0 radical (unpaired) electrons. The van der Waals surface area contributed by atoms with E-state index in [2.05, 4.69) is 0 Å². The molecule has 2 aromatic rings. The van der Waals surface area contributed by atoms with E-state index in [9.17, 15) is 14.4 Å². The summed E-state index contributed by atoms with van der Waals surface area (Å²) in [6.07, 6.45) is 0.188. The third kappa shape index (κ3) is 3.06. The van der Waals surface area contributed by atoms with Crippen LogP contribution in [0.3, 0.4) is 0 Å². The summed E-state index contributed by atoms with van der Waals surface area (Å²) < 4.78 is 5.14. The van der Waals surface area contributed by atoms with Gasteiger partial charge in [0, 0.05) is 0 Å². The molecule has 1 aliphatic rings. The van der Waals surface area contributed by atoms with Crippen LogP contribution in [0, 0.1) is 0 Å². The van der Waals surface area contributed by atoms with E-state index in [0.717, 1.165) is 10.5 Å². The first-order valence-electron chi connectivity index (χ1n) is 7.73. The minimum Gasteiger partial charge on any atom is -0.444 e. The topological polar surface area (TPSA) is 63.7 Å². The van der Waals surface area contributed by atoms with E-state index in [1.54, 1.807) is 24.3 Å². The van der Waals surface area contributed by atoms with Crippen molar-refractivity contribution in [2.75, 3.05) is 6.73 Å². The smallest absolute Gasteiger partial charge is 0.308 e. The van der Waals surface area contributed by atoms with Gasteiger partial charge in [-0.15, -0.1) is 0 Å². The molecule has 0 spiro atoms. The molecule has 122 valence electrons. The Bertz CT molecular complexity index is 750. The van der Waals surface area contributed by atoms with E-state index < -0.39 is 17.8 Å². The zero-order valence-electron chi connectivity index (χ0n) is 13.3. The third-order valence-electron chi connectivity index (χ3n) is 4.07. The van der Waals surface area contributed by atoms with Gasteiger partial charge in [-0.3, -0.25) is 14.4 Å². The Labute approximate surface area is 139 Å². The van der Waals surface area contributed by atoms with Crippen molar-refractivity contribution < 1.29 is 19.1 Å². The second kappa shape index (κ2) is 6.66. The molecule has 2 aromatic carbocycles. The van der Waals surface area contributed by atoms with E-state index in [1.807, 2.05) is 37.3 Å². The van der Waals surface area contributed by atoms with Gasteiger partial charge in [0.25, 0.3) is 11.8 Å². The van der Waals surface area contributed by atoms with Gasteiger partial charge in [-0.05, 0) is 23.6 Å². The molecule has 0 unspecified atom stereocenters. The predicted octanol–water partition coefficient (Wildman–Crippen LogP) is 2.98. The first-order valence-corrected chi connectivity index (χ1v) is 7.73. The molecular weight excluding hydrogens is 306 g/mol. The minimum absolute atomic E-state index is 0.000813. The lowest BCUT2D eigenvalue weighted by atomic mass is 9.98. The Morgan fingerprint density at radius 2 is 1.50 bits per heavy atom. The van der Waals surface area contributed by atoms with Crippen molar-refractivity contribution in [1.29, 1.82) is 0 Å². The molecule has 1 atom stereocenters. The molecule has 0 aromatic heterocycles. The second-order valence-electron chi connectivity index (χ2n) is 5.75. The lowest BCUT2D eigenvalue weighted by Crippen LogP contribution is -2.33. The fourth-order valence-corrected chi connectivity index (χ4v) is 2.70. The highest BCUT2D eigenvalue weighted by Gasteiger charge is 2.35. The summed E-state index contributed by atoms with van der Waals surface area (Å²) in [5.41, 5.74) is 1.72. The molecule has 0 saturated carbocycles. The molecule has 5 heteroatoms. The molecule has 0 N–H and O–H groups in total. The number of rotatable bonds is 5. The highest BCUT2D eigenvalue weighted by molar-refractivity contribution is 6.21. The number of esters is 1. The van der Waals surface area contributed by atoms with E-state index in [0.29, 0.717) is 11.1 Å². The highest BCUT2D eigenvalue weighted by atomic mass is 16.5. The maximum atomic E-state index is 12.2. The molecule has 1 heterocycles. The van der Waals surface area contributed by atoms with Gasteiger partial charge in [0.15, 0.2) is 6.73 Å². The third-order valence-corrected chi connectivity index (χ3v) is 4.07. The van der Waals surface area contributed by atoms with Gasteiger partial charge in [0.05, 0.1) is 17.5 Å². The Kier molecular flexibility index (Phi) is 4.42. The molecule has 0 bridgehead atoms. The van der Waals surface area contributed by atoms with Crippen molar-refractivity contribution in [3.63, 3.8) is 0 Å². The second-order valence-corrected chi connectivity index (χ2v) is 5.75. The zero-order valence-corrected chi connectivity index (χ0v) is 13.3. The number of hydrogen-bond donors (Lipinski definition) is 0. The fourth-order valence-electron chi connectivity index (χ4n) is 2.70. The maximum Gasteiger partial charge on any atom is 0.308 e. The van der Waals surface area contributed by atoms with Crippen LogP contribution in [0.5, 0.6) is 0 Å². The van der Waals surface area contributed by atoms with E-state index in [4.69, 9.17) is 4.74 Å². The van der Waals surface area contributed by atoms with Gasteiger partial charge in [0.2, 0.25) is 0 Å². The van der Waals surface area contributed by atoms with E-state index in [1.165, 1.54) is 0 Å². The average Bonchev–Trinajstić information content (AvgIpc) is 2.85. The quantitative estimate of drug-likeness (QED) is 0.627. The summed E-state index contributed by atoms with van der Waals surface area (Å²) >= 11 is 0. The summed E-state index contributed by atoms with van der Waals surface area (Å²) in [6.45, 7) is 1.57. The van der Waals surface area contributed by atoms with Gasteiger partial charge >= 0.3 is 5.97 Å². The van der Waals surface area contributed by atoms with Crippen LogP contribution in [0.15, 0.2) is 54.6 Å². The lowest BCUT2D eigenvalue weighted by Gasteiger charge is -2.15. The Morgan fingerprint density at radius 3 is 2.08 bits per heavy atom. The largest absolute Gasteiger partial charge is 0.444 e. The van der Waals surface area contributed by atoms with Crippen LogP contribution in [0.4, 0.5) is 0 Å². The number of fused-ring (bicyclic) bond motifs is 1. The zero-order chi connectivity index (χ0) is 17.1. The summed E-state index contributed by atoms with van der Waals surface area (Å²) in [6, 6.07) is 16.2. The van der Waals surface area contributed by atoms with Crippen LogP contribution in [-0.4, -0.2) is 29.4 Å². The van der Waals surface area contributed by atoms with Crippen molar-refractivity contribution in [3.8, 4) is 0 Å². The molecular formula is C19H17NO4. The molecule has 0 aliphatic carbocycles. The molecule has 0 saturated heterocycles. The molecule has 5 nitrogen and oxygen atoms in total. The first kappa shape index (κ1) is 15.9. The normalized spacial score (nSPS) is 14.5. The SMILES string of the molecule is C[C@H](CC(=O)OCN1C(=O)c2ccccc2C1=O)c1ccccc1. The Morgan fingerprint density at radius 1 is 0.958 bits per heavy atom. The van der Waals surface area contributed by atoms with E-state index in [-0.39, 0.29) is 19.1 Å². The van der Waals surface area contributed by atoms with Crippen molar-refractivity contribution in [3.05, 3.63) is 71.3 Å². The molecule has 1 aliphatic heterocycles. The van der Waals surface area contributed by atoms with Crippen LogP contribution in [0.2, 0.25) is 0 Å². The van der Waals surface area contributed by atoms with Crippen LogP contribution < -0.4 is 0 Å². The number of nitrogens with zero attached hydrogens (tertiary/aromatic N) is 1. The number of carbonyl (C=O) groups is 3. The standard InChI is InChI=1S/C19H17NO4/c1-13(14-7-3-2-4-8-14)11-17(21)24-12-20-18(22)15-9-5-6-10-16(15)19(20)23/h2-10,13H,11-12H2,1H3/t13-/m1/s1. The van der Waals surface area contributed by atoms with Crippen molar-refractivity contribution in [2.45, 2.75) is 19.3 Å². The number of amides is 2. The van der Waals surface area contributed by atoms with Crippen LogP contribution in [-0.2, 0) is 9.53 Å². The van der Waals surface area contributed by atoms with Gasteiger partial charge in [-0.1, -0.05) is 49.4 Å². The van der Waals surface area contributed by atoms with E-state index >= 15 is 0 Å². The van der Waals surface area contributed by atoms with Gasteiger partial charge in [-0.2, -0.15) is 0 Å². The average molecular weight is 323 g/mol. The Hall–Kier alpha value is -2.95. The molecule has 24 heavy (non-hydrogen) atoms. The van der Waals surface area contributed by atoms with Gasteiger partial charge < -0.3 is 4.74 Å². The predicted molar refractivity (Wildman–Crippen MR) is 87.4 cm³/mol. The molecule has 2 amide bonds. The summed E-state index contributed by atoms with van der Waals surface area (Å²) in [5, 5.41) is 0. The summed E-state index contributed by atoms with van der Waals surface area (Å²) in [4.78, 5) is 37.3. The first-order chi connectivity index (χ1) is 11.6. The molecule has 3 rings (SSSR count). The highest BCUT2D eigenvalue weighted by Crippen LogP contribution is 2.23. The summed E-state index contributed by atoms with van der Waals surface area (Å²) in [7, 11) is 0. The number of hydrogen-bond acceptors (Lipinski definition) is 4. The maximum absolute atomic E-state index is 12.2.